The molecule has 0 aliphatic rings. The maximum Gasteiger partial charge on any atom is 0.270 e. The van der Waals surface area contributed by atoms with Crippen LogP contribution in [0.25, 0.3) is 0 Å². The monoisotopic (exact) mass is 312 g/mol. The Kier molecular flexibility index (Phi) is 5.40. The van der Waals surface area contributed by atoms with Crippen LogP contribution in [-0.4, -0.2) is 23.6 Å². The molecule has 0 saturated heterocycles. The molecule has 7 heteroatoms. The Hall–Kier alpha value is -3.22. The van der Waals surface area contributed by atoms with E-state index in [1.54, 1.807) is 12.1 Å². The second-order valence-corrected chi connectivity index (χ2v) is 4.81. The number of rotatable bonds is 6. The van der Waals surface area contributed by atoms with Crippen LogP contribution in [0.4, 0.5) is 11.4 Å². The second-order valence-electron chi connectivity index (χ2n) is 4.81. The zero-order chi connectivity index (χ0) is 16.7. The van der Waals surface area contributed by atoms with E-state index < -0.39 is 4.92 Å². The summed E-state index contributed by atoms with van der Waals surface area (Å²) in [5.74, 6) is -0.310. The van der Waals surface area contributed by atoms with E-state index in [0.29, 0.717) is 5.56 Å². The van der Waals surface area contributed by atoms with E-state index in [4.69, 9.17) is 0 Å². The first kappa shape index (κ1) is 16.2. The lowest BCUT2D eigenvalue weighted by molar-refractivity contribution is -0.384. The first-order valence-electron chi connectivity index (χ1n) is 6.92. The van der Waals surface area contributed by atoms with Gasteiger partial charge in [-0.15, -0.1) is 0 Å². The fourth-order valence-electron chi connectivity index (χ4n) is 1.88. The van der Waals surface area contributed by atoms with Crippen molar-refractivity contribution >= 4 is 23.5 Å². The summed E-state index contributed by atoms with van der Waals surface area (Å²) in [6.45, 7) is 2.03. The predicted molar refractivity (Wildman–Crippen MR) is 88.5 cm³/mol. The van der Waals surface area contributed by atoms with Crippen molar-refractivity contribution in [2.75, 3.05) is 11.9 Å². The average Bonchev–Trinajstić information content (AvgIpc) is 2.54. The van der Waals surface area contributed by atoms with Gasteiger partial charge in [-0.05, 0) is 18.6 Å². The Morgan fingerprint density at radius 2 is 2.04 bits per heavy atom. The third-order valence-electron chi connectivity index (χ3n) is 3.07. The van der Waals surface area contributed by atoms with Crippen molar-refractivity contribution < 1.29 is 9.72 Å². The molecule has 0 fully saturated rings. The Bertz CT molecular complexity index is 744. The number of hydrogen-bond acceptors (Lipinski definition) is 5. The topological polar surface area (TPSA) is 96.6 Å². The quantitative estimate of drug-likeness (QED) is 0.486. The largest absolute Gasteiger partial charge is 0.376 e. The summed E-state index contributed by atoms with van der Waals surface area (Å²) in [5, 5.41) is 17.5. The van der Waals surface area contributed by atoms with Crippen molar-refractivity contribution in [3.63, 3.8) is 0 Å². The molecule has 2 rings (SSSR count). The van der Waals surface area contributed by atoms with Crippen LogP contribution in [0, 0.1) is 17.0 Å². The molecule has 7 nitrogen and oxygen atoms in total. The lowest BCUT2D eigenvalue weighted by Crippen LogP contribution is -2.26. The van der Waals surface area contributed by atoms with Crippen LogP contribution in [0.15, 0.2) is 53.6 Å². The summed E-state index contributed by atoms with van der Waals surface area (Å²) in [4.78, 5) is 21.9. The summed E-state index contributed by atoms with van der Waals surface area (Å²) >= 11 is 0. The minimum absolute atomic E-state index is 0.0264. The number of nitro benzene ring substituents is 1. The Morgan fingerprint density at radius 3 is 2.78 bits per heavy atom. The summed E-state index contributed by atoms with van der Waals surface area (Å²) in [6.07, 6.45) is 1.36. The minimum atomic E-state index is -0.484. The maximum atomic E-state index is 11.7. The zero-order valence-electron chi connectivity index (χ0n) is 12.5. The van der Waals surface area contributed by atoms with Gasteiger partial charge in [0.1, 0.15) is 0 Å². The van der Waals surface area contributed by atoms with Crippen molar-refractivity contribution in [1.29, 1.82) is 0 Å². The Balaban J connectivity index is 1.85. The van der Waals surface area contributed by atoms with Crippen molar-refractivity contribution in [2.24, 2.45) is 5.10 Å². The summed E-state index contributed by atoms with van der Waals surface area (Å²) in [6, 6.07) is 13.6. The standard InChI is InChI=1S/C16H16N4O3/c1-12-5-2-3-8-15(12)17-11-16(21)19-18-10-13-6-4-7-14(9-13)20(22)23/h2-10,17H,11H2,1H3,(H,19,21). The highest BCUT2D eigenvalue weighted by molar-refractivity contribution is 5.84. The van der Waals surface area contributed by atoms with E-state index in [2.05, 4.69) is 15.8 Å². The number of nitrogens with zero attached hydrogens (tertiary/aromatic N) is 2. The molecule has 0 unspecified atom stereocenters. The van der Waals surface area contributed by atoms with Crippen LogP contribution in [0.3, 0.4) is 0 Å². The molecule has 0 spiro atoms. The molecule has 0 bridgehead atoms. The molecule has 23 heavy (non-hydrogen) atoms. The van der Waals surface area contributed by atoms with E-state index in [-0.39, 0.29) is 18.1 Å². The number of nitro groups is 1. The molecule has 0 saturated carbocycles. The Morgan fingerprint density at radius 1 is 1.26 bits per heavy atom. The first-order valence-corrected chi connectivity index (χ1v) is 6.92. The van der Waals surface area contributed by atoms with E-state index in [9.17, 15) is 14.9 Å². The third kappa shape index (κ3) is 4.92. The highest BCUT2D eigenvalue weighted by Gasteiger charge is 2.04. The number of amides is 1. The van der Waals surface area contributed by atoms with Gasteiger partial charge in [-0.2, -0.15) is 5.10 Å². The molecule has 1 amide bonds. The normalized spacial score (nSPS) is 10.5. The first-order chi connectivity index (χ1) is 11.1. The average molecular weight is 312 g/mol. The van der Waals surface area contributed by atoms with Gasteiger partial charge in [-0.1, -0.05) is 30.3 Å². The van der Waals surface area contributed by atoms with Crippen LogP contribution in [-0.2, 0) is 4.79 Å². The molecular formula is C16H16N4O3. The smallest absolute Gasteiger partial charge is 0.270 e. The molecule has 118 valence electrons. The number of carbonyl (C=O) groups is 1. The molecule has 0 aliphatic carbocycles. The van der Waals surface area contributed by atoms with Gasteiger partial charge in [0.2, 0.25) is 0 Å². The fraction of sp³-hybridized carbons (Fsp3) is 0.125. The van der Waals surface area contributed by atoms with Gasteiger partial charge in [0.05, 0.1) is 17.7 Å². The number of aryl methyl sites for hydroxylation is 1. The fourth-order valence-corrected chi connectivity index (χ4v) is 1.88. The van der Waals surface area contributed by atoms with Gasteiger partial charge in [-0.3, -0.25) is 14.9 Å². The number of carbonyl (C=O) groups excluding carboxylic acids is 1. The number of para-hydroxylation sites is 1. The molecule has 2 aromatic carbocycles. The molecule has 0 aliphatic heterocycles. The molecule has 0 aromatic heterocycles. The van der Waals surface area contributed by atoms with Crippen LogP contribution in [0.2, 0.25) is 0 Å². The number of non-ortho nitro benzene ring substituents is 1. The molecule has 0 radical (unpaired) electrons. The highest BCUT2D eigenvalue weighted by Crippen LogP contribution is 2.12. The van der Waals surface area contributed by atoms with Gasteiger partial charge in [0.15, 0.2) is 0 Å². The second kappa shape index (κ2) is 7.69. The summed E-state index contributed by atoms with van der Waals surface area (Å²) in [5.41, 5.74) is 4.80. The number of benzene rings is 2. The molecule has 0 heterocycles. The van der Waals surface area contributed by atoms with Gasteiger partial charge in [0.25, 0.3) is 11.6 Å². The number of hydrogen-bond donors (Lipinski definition) is 2. The van der Waals surface area contributed by atoms with E-state index in [1.165, 1.54) is 18.3 Å². The van der Waals surface area contributed by atoms with Crippen LogP contribution < -0.4 is 10.7 Å². The van der Waals surface area contributed by atoms with E-state index >= 15 is 0 Å². The summed E-state index contributed by atoms with van der Waals surface area (Å²) < 4.78 is 0. The zero-order valence-corrected chi connectivity index (χ0v) is 12.5. The number of anilines is 1. The molecule has 2 N–H and O–H groups in total. The van der Waals surface area contributed by atoms with Crippen molar-refractivity contribution in [3.8, 4) is 0 Å². The molecule has 0 atom stereocenters. The van der Waals surface area contributed by atoms with Crippen molar-refractivity contribution in [2.45, 2.75) is 6.92 Å². The lowest BCUT2D eigenvalue weighted by Gasteiger charge is -2.07. The highest BCUT2D eigenvalue weighted by atomic mass is 16.6. The van der Waals surface area contributed by atoms with Gasteiger partial charge in [0, 0.05) is 23.4 Å². The minimum Gasteiger partial charge on any atom is -0.376 e. The number of hydrazone groups is 1. The van der Waals surface area contributed by atoms with Gasteiger partial charge in [-0.25, -0.2) is 5.43 Å². The third-order valence-corrected chi connectivity index (χ3v) is 3.07. The van der Waals surface area contributed by atoms with Crippen LogP contribution >= 0.6 is 0 Å². The van der Waals surface area contributed by atoms with Gasteiger partial charge < -0.3 is 5.32 Å². The van der Waals surface area contributed by atoms with Gasteiger partial charge >= 0.3 is 0 Å². The van der Waals surface area contributed by atoms with Crippen molar-refractivity contribution in [1.82, 2.24) is 5.43 Å². The van der Waals surface area contributed by atoms with Crippen LogP contribution in [0.1, 0.15) is 11.1 Å². The predicted octanol–water partition coefficient (Wildman–Crippen LogP) is 2.47. The molecular weight excluding hydrogens is 296 g/mol. The van der Waals surface area contributed by atoms with Crippen LogP contribution in [0.5, 0.6) is 0 Å². The van der Waals surface area contributed by atoms with Crippen molar-refractivity contribution in [3.05, 3.63) is 69.8 Å². The SMILES string of the molecule is Cc1ccccc1NCC(=O)NN=Cc1cccc([N+](=O)[O-])c1. The lowest BCUT2D eigenvalue weighted by atomic mass is 10.2. The Labute approximate surface area is 133 Å². The summed E-state index contributed by atoms with van der Waals surface area (Å²) in [7, 11) is 0. The van der Waals surface area contributed by atoms with E-state index in [1.807, 2.05) is 31.2 Å². The number of nitrogens with one attached hydrogen (secondary N) is 2. The molecule has 2 aromatic rings. The van der Waals surface area contributed by atoms with E-state index in [0.717, 1.165) is 11.3 Å². The maximum absolute atomic E-state index is 11.7.